The van der Waals surface area contributed by atoms with Crippen molar-refractivity contribution in [1.82, 2.24) is 10.3 Å². The molecule has 1 saturated carbocycles. The number of aryl methyl sites for hydroxylation is 1. The summed E-state index contributed by atoms with van der Waals surface area (Å²) in [6.07, 6.45) is 6.88. The number of esters is 1. The number of nitrogens with zero attached hydrogens (tertiary/aromatic N) is 1. The number of thioether (sulfide) groups is 1. The first-order chi connectivity index (χ1) is 14.7. The summed E-state index contributed by atoms with van der Waals surface area (Å²) in [7, 11) is 0. The predicted octanol–water partition coefficient (Wildman–Crippen LogP) is 3.76. The molecule has 2 atom stereocenters. The van der Waals surface area contributed by atoms with Crippen LogP contribution in [-0.4, -0.2) is 51.6 Å². The van der Waals surface area contributed by atoms with Crippen LogP contribution in [0.25, 0.3) is 11.0 Å². The topological polar surface area (TPSA) is 111 Å². The van der Waals surface area contributed by atoms with Crippen LogP contribution in [0.5, 0.6) is 0 Å². The summed E-state index contributed by atoms with van der Waals surface area (Å²) in [5.74, 6) is 0.262. The van der Waals surface area contributed by atoms with Gasteiger partial charge in [-0.2, -0.15) is 11.8 Å². The van der Waals surface area contributed by atoms with Crippen molar-refractivity contribution in [3.05, 3.63) is 29.8 Å². The molecule has 2 N–H and O–H groups in total. The van der Waals surface area contributed by atoms with Crippen molar-refractivity contribution in [2.24, 2.45) is 5.92 Å². The Labute approximate surface area is 185 Å². The van der Waals surface area contributed by atoms with Gasteiger partial charge in [-0.1, -0.05) is 12.8 Å². The highest BCUT2D eigenvalue weighted by molar-refractivity contribution is 7.98. The van der Waals surface area contributed by atoms with Crippen LogP contribution in [0.1, 0.15) is 44.6 Å². The van der Waals surface area contributed by atoms with Gasteiger partial charge >= 0.3 is 12.1 Å². The summed E-state index contributed by atoms with van der Waals surface area (Å²) >= 11 is 1.42. The number of nitrogens with one attached hydrogen (secondary N) is 1. The zero-order valence-electron chi connectivity index (χ0n) is 18.0. The first-order valence-corrected chi connectivity index (χ1v) is 11.9. The molecule has 0 aromatic carbocycles. The summed E-state index contributed by atoms with van der Waals surface area (Å²) in [4.78, 5) is 29.1. The lowest BCUT2D eigenvalue weighted by molar-refractivity contribution is -0.169. The lowest BCUT2D eigenvalue weighted by Gasteiger charge is -2.33. The fourth-order valence-corrected chi connectivity index (χ4v) is 4.89. The quantitative estimate of drug-likeness (QED) is 0.558. The lowest BCUT2D eigenvalue weighted by Crippen LogP contribution is -2.59. The largest absolute Gasteiger partial charge is 0.465 e. The molecule has 1 aliphatic carbocycles. The third kappa shape index (κ3) is 4.67. The Morgan fingerprint density at radius 3 is 2.81 bits per heavy atom. The van der Waals surface area contributed by atoms with E-state index >= 15 is 0 Å². The molecule has 0 radical (unpaired) electrons. The third-order valence-electron chi connectivity index (χ3n) is 5.81. The first kappa shape index (κ1) is 22.0. The highest BCUT2D eigenvalue weighted by Gasteiger charge is 2.59. The molecule has 2 aromatic rings. The van der Waals surface area contributed by atoms with E-state index in [0.717, 1.165) is 29.9 Å². The summed E-state index contributed by atoms with van der Waals surface area (Å²) in [6, 6.07) is 2.97. The number of aromatic nitrogens is 1. The van der Waals surface area contributed by atoms with Crippen molar-refractivity contribution in [3.8, 4) is 0 Å². The van der Waals surface area contributed by atoms with Crippen LogP contribution in [0.15, 0.2) is 22.7 Å². The molecule has 3 heterocycles. The molecule has 2 aromatic heterocycles. The highest BCUT2D eigenvalue weighted by Crippen LogP contribution is 2.40. The Kier molecular flexibility index (Phi) is 5.91. The number of hydrogen-bond donors (Lipinski definition) is 2. The molecule has 0 spiro atoms. The van der Waals surface area contributed by atoms with E-state index in [2.05, 4.69) is 10.3 Å². The van der Waals surface area contributed by atoms with Crippen LogP contribution in [-0.2, 0) is 27.1 Å². The van der Waals surface area contributed by atoms with Crippen LogP contribution in [0, 0.1) is 5.92 Å². The molecule has 8 nitrogen and oxygen atoms in total. The fraction of sp³-hybridized carbons (Fsp3) is 0.591. The average molecular weight is 449 g/mol. The number of amides is 1. The van der Waals surface area contributed by atoms with Crippen LogP contribution in [0.4, 0.5) is 4.79 Å². The minimum atomic E-state index is -1.53. The van der Waals surface area contributed by atoms with E-state index in [0.29, 0.717) is 17.0 Å². The smallest absolute Gasteiger partial charge is 0.405 e. The number of fused-ring (bicyclic) bond motifs is 1. The van der Waals surface area contributed by atoms with E-state index in [-0.39, 0.29) is 6.42 Å². The molecule has 1 saturated heterocycles. The maximum absolute atomic E-state index is 13.1. The van der Waals surface area contributed by atoms with Gasteiger partial charge in [0.2, 0.25) is 5.79 Å². The Morgan fingerprint density at radius 2 is 2.19 bits per heavy atom. The summed E-state index contributed by atoms with van der Waals surface area (Å²) in [6.45, 7) is 3.29. The van der Waals surface area contributed by atoms with Crippen molar-refractivity contribution in [1.29, 1.82) is 0 Å². The summed E-state index contributed by atoms with van der Waals surface area (Å²) in [5.41, 5.74) is -0.214. The van der Waals surface area contributed by atoms with Crippen molar-refractivity contribution in [3.63, 3.8) is 0 Å². The first-order valence-electron chi connectivity index (χ1n) is 10.5. The number of furan rings is 1. The van der Waals surface area contributed by atoms with Gasteiger partial charge in [-0.25, -0.2) is 9.59 Å². The second-order valence-corrected chi connectivity index (χ2v) is 9.69. The van der Waals surface area contributed by atoms with Gasteiger partial charge in [0.25, 0.3) is 0 Å². The van der Waals surface area contributed by atoms with E-state index in [9.17, 15) is 14.7 Å². The fourth-order valence-electron chi connectivity index (χ4n) is 4.20. The van der Waals surface area contributed by atoms with E-state index < -0.39 is 29.5 Å². The van der Waals surface area contributed by atoms with Crippen molar-refractivity contribution >= 4 is 34.8 Å². The zero-order valence-corrected chi connectivity index (χ0v) is 18.8. The van der Waals surface area contributed by atoms with Gasteiger partial charge in [0.05, 0.1) is 11.7 Å². The molecule has 9 heteroatoms. The number of cyclic esters (lactones) is 1. The second kappa shape index (κ2) is 8.35. The number of carbonyl (C=O) groups excluding carboxylic acids is 1. The van der Waals surface area contributed by atoms with Gasteiger partial charge in [-0.05, 0) is 30.7 Å². The summed E-state index contributed by atoms with van der Waals surface area (Å²) < 4.78 is 17.6. The number of carboxylic acid groups (broad SMARTS) is 1. The monoisotopic (exact) mass is 448 g/mol. The number of rotatable bonds is 9. The van der Waals surface area contributed by atoms with Gasteiger partial charge in [0.15, 0.2) is 5.60 Å². The van der Waals surface area contributed by atoms with Crippen LogP contribution in [0.2, 0.25) is 0 Å². The zero-order chi connectivity index (χ0) is 22.2. The molecular weight excluding hydrogens is 420 g/mol. The molecule has 168 valence electrons. The molecule has 0 bridgehead atoms. The minimum Gasteiger partial charge on any atom is -0.465 e. The molecule has 1 amide bonds. The molecule has 0 unspecified atom stereocenters. The molecule has 31 heavy (non-hydrogen) atoms. The Bertz CT molecular complexity index is 986. The second-order valence-electron chi connectivity index (χ2n) is 8.78. The molecule has 2 fully saturated rings. The highest BCUT2D eigenvalue weighted by atomic mass is 32.2. The van der Waals surface area contributed by atoms with Crippen LogP contribution >= 0.6 is 11.8 Å². The molecule has 4 rings (SSSR count). The Balaban J connectivity index is 1.70. The van der Waals surface area contributed by atoms with Gasteiger partial charge in [-0.15, -0.1) is 0 Å². The Morgan fingerprint density at radius 1 is 1.42 bits per heavy atom. The van der Waals surface area contributed by atoms with Crippen molar-refractivity contribution in [2.75, 3.05) is 12.0 Å². The predicted molar refractivity (Wildman–Crippen MR) is 116 cm³/mol. The molecule has 2 aliphatic rings. The maximum Gasteiger partial charge on any atom is 0.405 e. The SMILES string of the molecule is CSC[C@H](NC(=O)O)[C@@]1(Cc2nccc3oc(CCC4CC4)cc23)OC(C)(C)OC1=O. The van der Waals surface area contributed by atoms with Gasteiger partial charge < -0.3 is 24.3 Å². The van der Waals surface area contributed by atoms with Crippen molar-refractivity contribution < 1.29 is 28.6 Å². The number of hydrogen-bond acceptors (Lipinski definition) is 7. The number of pyridine rings is 1. The standard InChI is InChI=1S/C22H28N2O6S/c1-21(2)29-19(25)22(30-21,18(12-31-3)24-20(26)27)11-16-15-10-14(7-6-13-4-5-13)28-17(15)8-9-23-16/h8-10,13,18,24H,4-7,11-12H2,1-3H3,(H,26,27)/t18-,22+/m0/s1. The molecular formula is C22H28N2O6S. The van der Waals surface area contributed by atoms with Gasteiger partial charge in [0, 0.05) is 44.0 Å². The number of ether oxygens (including phenoxy) is 2. The third-order valence-corrected chi connectivity index (χ3v) is 6.48. The average Bonchev–Trinajstić information content (AvgIpc) is 3.36. The maximum atomic E-state index is 13.1. The summed E-state index contributed by atoms with van der Waals surface area (Å²) in [5, 5.41) is 12.7. The molecule has 1 aliphatic heterocycles. The van der Waals surface area contributed by atoms with Crippen LogP contribution in [0.3, 0.4) is 0 Å². The van der Waals surface area contributed by atoms with Gasteiger partial charge in [0.1, 0.15) is 11.3 Å². The van der Waals surface area contributed by atoms with Crippen molar-refractivity contribution in [2.45, 2.75) is 63.4 Å². The lowest BCUT2D eigenvalue weighted by atomic mass is 9.88. The van der Waals surface area contributed by atoms with E-state index in [4.69, 9.17) is 13.9 Å². The van der Waals surface area contributed by atoms with Crippen LogP contribution < -0.4 is 5.32 Å². The van der Waals surface area contributed by atoms with Gasteiger partial charge in [-0.3, -0.25) is 4.98 Å². The minimum absolute atomic E-state index is 0.0692. The Hall–Kier alpha value is -2.26. The normalized spacial score (nSPS) is 23.6. The van der Waals surface area contributed by atoms with E-state index in [1.807, 2.05) is 12.3 Å². The van der Waals surface area contributed by atoms with E-state index in [1.54, 1.807) is 26.1 Å². The number of carbonyl (C=O) groups is 2. The van der Waals surface area contributed by atoms with E-state index in [1.165, 1.54) is 24.6 Å².